The van der Waals surface area contributed by atoms with E-state index in [-0.39, 0.29) is 18.9 Å². The summed E-state index contributed by atoms with van der Waals surface area (Å²) in [4.78, 5) is 23.7. The maximum Gasteiger partial charge on any atom is 0.412 e. The fourth-order valence-corrected chi connectivity index (χ4v) is 2.94. The van der Waals surface area contributed by atoms with E-state index in [0.717, 1.165) is 23.8 Å². The summed E-state index contributed by atoms with van der Waals surface area (Å²) >= 11 is 0. The van der Waals surface area contributed by atoms with Crippen molar-refractivity contribution >= 4 is 17.7 Å². The molecule has 0 aliphatic heterocycles. The number of ether oxygens (including phenoxy) is 2. The third-order valence-electron chi connectivity index (χ3n) is 4.86. The standard InChI is InChI=1S/C24H26F2N2O6/c1-15(4-3-5-22(30)28-32)16(2)23(17-6-9-19(10-7-17)33-13-12-29)34-24(31)27-21-11-8-18(25)14-20(21)26/h3-11,14,16,23,29,32H,12-13H2,1-2H3,(H,27,31)(H,28,30)/b5-3+,15-4+/t16-,23+/m0/s1. The number of allylic oxidation sites excluding steroid dienone is 2. The van der Waals surface area contributed by atoms with Crippen molar-refractivity contribution in [2.24, 2.45) is 5.92 Å². The topological polar surface area (TPSA) is 117 Å². The van der Waals surface area contributed by atoms with Gasteiger partial charge in [-0.05, 0) is 36.8 Å². The largest absolute Gasteiger partial charge is 0.491 e. The summed E-state index contributed by atoms with van der Waals surface area (Å²) in [5, 5.41) is 19.7. The van der Waals surface area contributed by atoms with Gasteiger partial charge in [-0.3, -0.25) is 15.3 Å². The number of benzene rings is 2. The highest BCUT2D eigenvalue weighted by Crippen LogP contribution is 2.33. The van der Waals surface area contributed by atoms with E-state index in [2.05, 4.69) is 5.32 Å². The Balaban J connectivity index is 2.26. The van der Waals surface area contributed by atoms with Crippen LogP contribution in [0.1, 0.15) is 25.5 Å². The van der Waals surface area contributed by atoms with E-state index in [4.69, 9.17) is 19.8 Å². The predicted octanol–water partition coefficient (Wildman–Crippen LogP) is 4.27. The van der Waals surface area contributed by atoms with Gasteiger partial charge in [0.25, 0.3) is 5.91 Å². The van der Waals surface area contributed by atoms with Crippen LogP contribution in [0.25, 0.3) is 0 Å². The van der Waals surface area contributed by atoms with E-state index in [0.29, 0.717) is 17.4 Å². The molecule has 0 radical (unpaired) electrons. The molecule has 0 fully saturated rings. The number of aliphatic hydroxyl groups is 1. The smallest absolute Gasteiger partial charge is 0.412 e. The van der Waals surface area contributed by atoms with Gasteiger partial charge in [-0.25, -0.2) is 19.1 Å². The summed E-state index contributed by atoms with van der Waals surface area (Å²) in [7, 11) is 0. The first-order valence-electron chi connectivity index (χ1n) is 10.3. The summed E-state index contributed by atoms with van der Waals surface area (Å²) in [6, 6.07) is 9.39. The monoisotopic (exact) mass is 476 g/mol. The number of nitrogens with one attached hydrogen (secondary N) is 2. The number of anilines is 1. The number of hydrogen-bond donors (Lipinski definition) is 4. The molecule has 8 nitrogen and oxygen atoms in total. The molecular weight excluding hydrogens is 450 g/mol. The molecule has 4 N–H and O–H groups in total. The SMILES string of the molecule is C/C(=C\C=C\C(=O)NO)[C@H](C)[C@@H](OC(=O)Nc1ccc(F)cc1F)c1ccc(OCCO)cc1. The molecule has 2 aromatic carbocycles. The van der Waals surface area contributed by atoms with Crippen LogP contribution in [0, 0.1) is 17.6 Å². The number of hydroxylamine groups is 1. The molecule has 0 heterocycles. The van der Waals surface area contributed by atoms with Gasteiger partial charge in [-0.15, -0.1) is 0 Å². The van der Waals surface area contributed by atoms with Gasteiger partial charge >= 0.3 is 6.09 Å². The van der Waals surface area contributed by atoms with Crippen LogP contribution in [0.4, 0.5) is 19.3 Å². The second kappa shape index (κ2) is 13.1. The van der Waals surface area contributed by atoms with Crippen LogP contribution in [0.5, 0.6) is 5.75 Å². The fraction of sp³-hybridized carbons (Fsp3) is 0.250. The zero-order valence-corrected chi connectivity index (χ0v) is 18.6. The third-order valence-corrected chi connectivity index (χ3v) is 4.86. The second-order valence-electron chi connectivity index (χ2n) is 7.25. The highest BCUT2D eigenvalue weighted by Gasteiger charge is 2.25. The fourth-order valence-electron chi connectivity index (χ4n) is 2.94. The van der Waals surface area contributed by atoms with Crippen LogP contribution in [0.15, 0.2) is 66.3 Å². The van der Waals surface area contributed by atoms with Gasteiger partial charge < -0.3 is 14.6 Å². The Morgan fingerprint density at radius 2 is 1.85 bits per heavy atom. The molecule has 0 aliphatic rings. The first kappa shape index (κ1) is 26.5. The molecule has 182 valence electrons. The summed E-state index contributed by atoms with van der Waals surface area (Å²) in [6.07, 6.45) is 2.38. The molecule has 0 aliphatic carbocycles. The van der Waals surface area contributed by atoms with Gasteiger partial charge in [-0.2, -0.15) is 0 Å². The third kappa shape index (κ3) is 7.98. The van der Waals surface area contributed by atoms with Crippen molar-refractivity contribution in [2.45, 2.75) is 20.0 Å². The van der Waals surface area contributed by atoms with E-state index in [9.17, 15) is 18.4 Å². The van der Waals surface area contributed by atoms with Crippen molar-refractivity contribution < 1.29 is 38.2 Å². The van der Waals surface area contributed by atoms with Crippen LogP contribution in [-0.2, 0) is 9.53 Å². The molecule has 0 saturated carbocycles. The Morgan fingerprint density at radius 1 is 1.15 bits per heavy atom. The van der Waals surface area contributed by atoms with Gasteiger partial charge in [0.2, 0.25) is 0 Å². The lowest BCUT2D eigenvalue weighted by atomic mass is 9.91. The van der Waals surface area contributed by atoms with Gasteiger partial charge in [0.1, 0.15) is 30.1 Å². The van der Waals surface area contributed by atoms with Gasteiger partial charge in [-0.1, -0.05) is 36.8 Å². The van der Waals surface area contributed by atoms with Crippen LogP contribution in [-0.4, -0.2) is 35.5 Å². The Bertz CT molecular complexity index is 1040. The average Bonchev–Trinajstić information content (AvgIpc) is 2.82. The molecule has 0 unspecified atom stereocenters. The van der Waals surface area contributed by atoms with Crippen molar-refractivity contribution in [1.82, 2.24) is 5.48 Å². The molecular formula is C24H26F2N2O6. The maximum atomic E-state index is 13.9. The molecule has 2 atom stereocenters. The van der Waals surface area contributed by atoms with Crippen LogP contribution in [0.3, 0.4) is 0 Å². The van der Waals surface area contributed by atoms with E-state index in [1.807, 2.05) is 0 Å². The number of carbonyl (C=O) groups excluding carboxylic acids is 2. The van der Waals surface area contributed by atoms with E-state index in [1.54, 1.807) is 44.2 Å². The number of carbonyl (C=O) groups is 2. The molecule has 34 heavy (non-hydrogen) atoms. The molecule has 0 aromatic heterocycles. The predicted molar refractivity (Wildman–Crippen MR) is 120 cm³/mol. The highest BCUT2D eigenvalue weighted by atomic mass is 19.1. The van der Waals surface area contributed by atoms with Crippen LogP contribution < -0.4 is 15.5 Å². The summed E-state index contributed by atoms with van der Waals surface area (Å²) in [6.45, 7) is 3.53. The molecule has 0 saturated heterocycles. The van der Waals surface area contributed by atoms with Gasteiger partial charge in [0, 0.05) is 18.1 Å². The minimum absolute atomic E-state index is 0.122. The van der Waals surface area contributed by atoms with Crippen molar-refractivity contribution in [2.75, 3.05) is 18.5 Å². The van der Waals surface area contributed by atoms with Crippen LogP contribution in [0.2, 0.25) is 0 Å². The number of hydrogen-bond acceptors (Lipinski definition) is 6. The minimum Gasteiger partial charge on any atom is -0.491 e. The zero-order valence-electron chi connectivity index (χ0n) is 18.6. The van der Waals surface area contributed by atoms with Crippen molar-refractivity contribution in [3.63, 3.8) is 0 Å². The minimum atomic E-state index is -0.953. The lowest BCUT2D eigenvalue weighted by Crippen LogP contribution is -2.23. The number of aliphatic hydroxyl groups excluding tert-OH is 1. The van der Waals surface area contributed by atoms with E-state index >= 15 is 0 Å². The molecule has 2 aromatic rings. The van der Waals surface area contributed by atoms with Crippen molar-refractivity contribution in [3.8, 4) is 5.75 Å². The first-order chi connectivity index (χ1) is 16.2. The summed E-state index contributed by atoms with van der Waals surface area (Å²) in [5.74, 6) is -2.32. The second-order valence-corrected chi connectivity index (χ2v) is 7.25. The summed E-state index contributed by atoms with van der Waals surface area (Å²) < 4.78 is 38.0. The Labute approximate surface area is 195 Å². The van der Waals surface area contributed by atoms with Gasteiger partial charge in [0.15, 0.2) is 0 Å². The van der Waals surface area contributed by atoms with E-state index in [1.165, 1.54) is 11.6 Å². The number of amides is 2. The molecule has 2 amide bonds. The molecule has 10 heteroatoms. The zero-order chi connectivity index (χ0) is 25.1. The van der Waals surface area contributed by atoms with Crippen LogP contribution >= 0.6 is 0 Å². The lowest BCUT2D eigenvalue weighted by molar-refractivity contribution is -0.124. The Kier molecular flexibility index (Phi) is 10.2. The van der Waals surface area contributed by atoms with E-state index < -0.39 is 35.7 Å². The normalized spacial score (nSPS) is 13.3. The van der Waals surface area contributed by atoms with Crippen molar-refractivity contribution in [3.05, 3.63) is 83.5 Å². The van der Waals surface area contributed by atoms with Gasteiger partial charge in [0.05, 0.1) is 12.3 Å². The summed E-state index contributed by atoms with van der Waals surface area (Å²) in [5.41, 5.74) is 2.57. The quantitative estimate of drug-likeness (QED) is 0.176. The molecule has 0 spiro atoms. The van der Waals surface area contributed by atoms with Crippen molar-refractivity contribution in [1.29, 1.82) is 0 Å². The average molecular weight is 476 g/mol. The first-order valence-corrected chi connectivity index (χ1v) is 10.3. The molecule has 0 bridgehead atoms. The Morgan fingerprint density at radius 3 is 2.47 bits per heavy atom. The maximum absolute atomic E-state index is 13.9. The lowest BCUT2D eigenvalue weighted by Gasteiger charge is -2.26. The molecule has 2 rings (SSSR count). The highest BCUT2D eigenvalue weighted by molar-refractivity contribution is 5.86. The Hall–Kier alpha value is -3.76. The number of halogens is 2. The number of rotatable bonds is 10.